The molecular formula is C10H12N4O6. The molecule has 0 heterocycles. The third-order valence-electron chi connectivity index (χ3n) is 2.38. The lowest BCUT2D eigenvalue weighted by Crippen LogP contribution is -2.15. The largest absolute Gasteiger partial charge is 0.383 e. The summed E-state index contributed by atoms with van der Waals surface area (Å²) in [6.07, 6.45) is 0. The first-order chi connectivity index (χ1) is 9.38. The normalized spacial score (nSPS) is 10.1. The standard InChI is InChI=1S/C10H12N4O6/c1-20-3-2-12-9-7(13(16)17)4-6(10(11)15)5-8(9)14(18)19/h4-5,12H,2-3H2,1H3,(H2,11,15). The van der Waals surface area contributed by atoms with Crippen molar-refractivity contribution < 1.29 is 19.4 Å². The van der Waals surface area contributed by atoms with Crippen molar-refractivity contribution in [2.45, 2.75) is 0 Å². The number of rotatable bonds is 7. The number of ether oxygens (including phenoxy) is 1. The van der Waals surface area contributed by atoms with Crippen LogP contribution in [0.2, 0.25) is 0 Å². The number of nitrogens with zero attached hydrogens (tertiary/aromatic N) is 2. The van der Waals surface area contributed by atoms with Gasteiger partial charge in [-0.1, -0.05) is 0 Å². The van der Waals surface area contributed by atoms with Crippen LogP contribution in [0.3, 0.4) is 0 Å². The molecule has 1 rings (SSSR count). The van der Waals surface area contributed by atoms with Crippen molar-refractivity contribution in [3.05, 3.63) is 37.9 Å². The van der Waals surface area contributed by atoms with Crippen LogP contribution < -0.4 is 11.1 Å². The van der Waals surface area contributed by atoms with E-state index in [9.17, 15) is 25.0 Å². The van der Waals surface area contributed by atoms with Crippen molar-refractivity contribution in [3.63, 3.8) is 0 Å². The molecule has 0 aromatic heterocycles. The first kappa shape index (κ1) is 15.3. The SMILES string of the molecule is COCCNc1c([N+](=O)[O-])cc(C(N)=O)cc1[N+](=O)[O-]. The molecule has 0 aliphatic heterocycles. The Morgan fingerprint density at radius 1 is 1.30 bits per heavy atom. The Morgan fingerprint density at radius 2 is 1.80 bits per heavy atom. The second-order valence-electron chi connectivity index (χ2n) is 3.69. The van der Waals surface area contributed by atoms with E-state index in [-0.39, 0.29) is 24.4 Å². The van der Waals surface area contributed by atoms with Gasteiger partial charge < -0.3 is 15.8 Å². The first-order valence-electron chi connectivity index (χ1n) is 5.38. The second-order valence-corrected chi connectivity index (χ2v) is 3.69. The van der Waals surface area contributed by atoms with E-state index >= 15 is 0 Å². The van der Waals surface area contributed by atoms with Gasteiger partial charge in [-0.05, 0) is 0 Å². The van der Waals surface area contributed by atoms with Crippen LogP contribution in [-0.4, -0.2) is 36.0 Å². The van der Waals surface area contributed by atoms with Crippen LogP contribution in [-0.2, 0) is 4.74 Å². The highest BCUT2D eigenvalue weighted by molar-refractivity contribution is 5.96. The summed E-state index contributed by atoms with van der Waals surface area (Å²) in [4.78, 5) is 31.3. The average molecular weight is 284 g/mol. The van der Waals surface area contributed by atoms with Crippen LogP contribution in [0.25, 0.3) is 0 Å². The zero-order valence-electron chi connectivity index (χ0n) is 10.5. The molecule has 0 bridgehead atoms. The lowest BCUT2D eigenvalue weighted by Gasteiger charge is -2.08. The smallest absolute Gasteiger partial charge is 0.300 e. The summed E-state index contributed by atoms with van der Waals surface area (Å²) >= 11 is 0. The van der Waals surface area contributed by atoms with Gasteiger partial charge in [0.25, 0.3) is 11.4 Å². The minimum atomic E-state index is -0.986. The topological polar surface area (TPSA) is 151 Å². The van der Waals surface area contributed by atoms with Crippen molar-refractivity contribution in [2.75, 3.05) is 25.6 Å². The minimum Gasteiger partial charge on any atom is -0.383 e. The summed E-state index contributed by atoms with van der Waals surface area (Å²) in [5.74, 6) is -0.986. The van der Waals surface area contributed by atoms with Crippen LogP contribution in [0.15, 0.2) is 12.1 Å². The number of anilines is 1. The van der Waals surface area contributed by atoms with Gasteiger partial charge in [0.05, 0.1) is 22.0 Å². The Hall–Kier alpha value is -2.75. The summed E-state index contributed by atoms with van der Waals surface area (Å²) in [6, 6.07) is 1.79. The summed E-state index contributed by atoms with van der Waals surface area (Å²) in [7, 11) is 1.42. The lowest BCUT2D eigenvalue weighted by molar-refractivity contribution is -0.392. The fourth-order valence-corrected chi connectivity index (χ4v) is 1.50. The van der Waals surface area contributed by atoms with Gasteiger partial charge in [0.2, 0.25) is 5.91 Å². The van der Waals surface area contributed by atoms with Gasteiger partial charge >= 0.3 is 0 Å². The predicted octanol–water partition coefficient (Wildman–Crippen LogP) is 0.660. The Labute approximate surface area is 112 Å². The number of nitro groups is 2. The van der Waals surface area contributed by atoms with Crippen LogP contribution in [0.4, 0.5) is 17.1 Å². The van der Waals surface area contributed by atoms with E-state index in [2.05, 4.69) is 5.32 Å². The Balaban J connectivity index is 3.39. The van der Waals surface area contributed by atoms with Gasteiger partial charge in [-0.25, -0.2) is 0 Å². The minimum absolute atomic E-state index is 0.133. The lowest BCUT2D eigenvalue weighted by atomic mass is 10.1. The van der Waals surface area contributed by atoms with Crippen LogP contribution in [0.5, 0.6) is 0 Å². The number of nitro benzene ring substituents is 2. The molecule has 0 saturated heterocycles. The summed E-state index contributed by atoms with van der Waals surface area (Å²) in [5, 5.41) is 24.5. The predicted molar refractivity (Wildman–Crippen MR) is 68.6 cm³/mol. The van der Waals surface area contributed by atoms with Crippen molar-refractivity contribution in [3.8, 4) is 0 Å². The molecule has 1 aromatic rings. The number of benzene rings is 1. The van der Waals surface area contributed by atoms with E-state index < -0.39 is 27.1 Å². The third kappa shape index (κ3) is 3.38. The zero-order chi connectivity index (χ0) is 15.3. The number of hydrogen-bond acceptors (Lipinski definition) is 7. The monoisotopic (exact) mass is 284 g/mol. The van der Waals surface area contributed by atoms with Gasteiger partial charge in [-0.2, -0.15) is 0 Å². The number of nitrogens with one attached hydrogen (secondary N) is 1. The molecule has 1 amide bonds. The number of methoxy groups -OCH3 is 1. The molecular weight excluding hydrogens is 272 g/mol. The highest BCUT2D eigenvalue weighted by atomic mass is 16.6. The van der Waals surface area contributed by atoms with E-state index in [0.717, 1.165) is 12.1 Å². The molecule has 20 heavy (non-hydrogen) atoms. The fourth-order valence-electron chi connectivity index (χ4n) is 1.50. The molecule has 0 aliphatic rings. The molecule has 108 valence electrons. The second kappa shape index (κ2) is 6.43. The summed E-state index contributed by atoms with van der Waals surface area (Å²) in [6.45, 7) is 0.333. The molecule has 10 nitrogen and oxygen atoms in total. The van der Waals surface area contributed by atoms with Crippen LogP contribution in [0.1, 0.15) is 10.4 Å². The van der Waals surface area contributed by atoms with Crippen LogP contribution >= 0.6 is 0 Å². The number of primary amides is 1. The maximum absolute atomic E-state index is 11.1. The Bertz CT molecular complexity index is 524. The van der Waals surface area contributed by atoms with Crippen molar-refractivity contribution in [1.29, 1.82) is 0 Å². The third-order valence-corrected chi connectivity index (χ3v) is 2.38. The fraction of sp³-hybridized carbons (Fsp3) is 0.300. The van der Waals surface area contributed by atoms with Gasteiger partial charge in [0, 0.05) is 25.8 Å². The van der Waals surface area contributed by atoms with Gasteiger partial charge in [0.1, 0.15) is 0 Å². The molecule has 0 spiro atoms. The molecule has 0 aliphatic carbocycles. The number of nitrogens with two attached hydrogens (primary N) is 1. The maximum atomic E-state index is 11.1. The van der Waals surface area contributed by atoms with Gasteiger partial charge in [0.15, 0.2) is 5.69 Å². The summed E-state index contributed by atoms with van der Waals surface area (Å²) < 4.78 is 4.75. The molecule has 0 atom stereocenters. The first-order valence-corrected chi connectivity index (χ1v) is 5.38. The highest BCUT2D eigenvalue weighted by Gasteiger charge is 2.27. The number of carbonyl (C=O) groups excluding carboxylic acids is 1. The molecule has 0 fully saturated rings. The average Bonchev–Trinajstić information content (AvgIpc) is 2.37. The molecule has 0 saturated carbocycles. The highest BCUT2D eigenvalue weighted by Crippen LogP contribution is 2.35. The molecule has 1 aromatic carbocycles. The van der Waals surface area contributed by atoms with Crippen molar-refractivity contribution in [1.82, 2.24) is 0 Å². The van der Waals surface area contributed by atoms with E-state index in [0.29, 0.717) is 0 Å². The molecule has 10 heteroatoms. The number of hydrogen-bond donors (Lipinski definition) is 2. The Morgan fingerprint density at radius 3 is 2.15 bits per heavy atom. The maximum Gasteiger partial charge on any atom is 0.300 e. The van der Waals surface area contributed by atoms with E-state index in [1.165, 1.54) is 7.11 Å². The molecule has 0 unspecified atom stereocenters. The van der Waals surface area contributed by atoms with Crippen LogP contribution in [0, 0.1) is 20.2 Å². The Kier molecular flexibility index (Phi) is 4.92. The van der Waals surface area contributed by atoms with Gasteiger partial charge in [-0.15, -0.1) is 0 Å². The van der Waals surface area contributed by atoms with Crippen molar-refractivity contribution >= 4 is 23.0 Å². The summed E-state index contributed by atoms with van der Waals surface area (Å²) in [5.41, 5.74) is 3.22. The van der Waals surface area contributed by atoms with E-state index in [1.807, 2.05) is 0 Å². The van der Waals surface area contributed by atoms with Crippen molar-refractivity contribution in [2.24, 2.45) is 5.73 Å². The number of amides is 1. The van der Waals surface area contributed by atoms with E-state index in [4.69, 9.17) is 10.5 Å². The molecule has 3 N–H and O–H groups in total. The zero-order valence-corrected chi connectivity index (χ0v) is 10.5. The quantitative estimate of drug-likeness (QED) is 0.424. The number of carbonyl (C=O) groups is 1. The van der Waals surface area contributed by atoms with E-state index in [1.54, 1.807) is 0 Å². The molecule has 0 radical (unpaired) electrons. The van der Waals surface area contributed by atoms with Gasteiger partial charge in [-0.3, -0.25) is 25.0 Å².